The molecule has 2 nitrogen and oxygen atoms in total. The average molecular weight is 228 g/mol. The number of hydrogen-bond acceptors (Lipinski definition) is 2. The summed E-state index contributed by atoms with van der Waals surface area (Å²) in [5.41, 5.74) is 0.687. The van der Waals surface area contributed by atoms with E-state index < -0.39 is 6.10 Å². The Morgan fingerprint density at radius 3 is 1.75 bits per heavy atom. The Morgan fingerprint density at radius 1 is 1.00 bits per heavy atom. The molecule has 0 aromatic heterocycles. The lowest BCUT2D eigenvalue weighted by Gasteiger charge is -2.28. The summed E-state index contributed by atoms with van der Waals surface area (Å²) in [5, 5.41) is 19.9. The molecule has 0 aliphatic heterocycles. The summed E-state index contributed by atoms with van der Waals surface area (Å²) < 4.78 is 0. The van der Waals surface area contributed by atoms with Gasteiger partial charge in [-0.2, -0.15) is 0 Å². The summed E-state index contributed by atoms with van der Waals surface area (Å²) in [7, 11) is 0. The van der Waals surface area contributed by atoms with Crippen molar-refractivity contribution >= 4 is 0 Å². The lowest BCUT2D eigenvalue weighted by Crippen LogP contribution is -2.28. The van der Waals surface area contributed by atoms with Gasteiger partial charge in [0.2, 0.25) is 0 Å². The highest BCUT2D eigenvalue weighted by atomic mass is 16.3. The van der Waals surface area contributed by atoms with Crippen LogP contribution in [0, 0.1) is 10.8 Å². The molecule has 2 unspecified atom stereocenters. The monoisotopic (exact) mass is 228 g/mol. The molecule has 0 bridgehead atoms. The van der Waals surface area contributed by atoms with Crippen LogP contribution in [0.3, 0.4) is 0 Å². The first-order valence-corrected chi connectivity index (χ1v) is 5.99. The molecule has 0 aliphatic rings. The quantitative estimate of drug-likeness (QED) is 0.729. The molecule has 0 saturated heterocycles. The predicted molar refractivity (Wildman–Crippen MR) is 69.3 cm³/mol. The largest absolute Gasteiger partial charge is 0.392 e. The highest BCUT2D eigenvalue weighted by molar-refractivity contribution is 5.09. The van der Waals surface area contributed by atoms with E-state index >= 15 is 0 Å². The van der Waals surface area contributed by atoms with Gasteiger partial charge < -0.3 is 10.2 Å². The van der Waals surface area contributed by atoms with Crippen LogP contribution in [-0.2, 0) is 0 Å². The van der Waals surface area contributed by atoms with E-state index in [1.54, 1.807) is 0 Å². The van der Waals surface area contributed by atoms with E-state index in [0.29, 0.717) is 6.42 Å². The summed E-state index contributed by atoms with van der Waals surface area (Å²) >= 11 is 0. The Balaban J connectivity index is 4.47. The molecule has 0 heterocycles. The third-order valence-corrected chi connectivity index (χ3v) is 2.91. The van der Waals surface area contributed by atoms with E-state index in [-0.39, 0.29) is 16.9 Å². The highest BCUT2D eigenvalue weighted by Crippen LogP contribution is 2.27. The summed E-state index contributed by atoms with van der Waals surface area (Å²) in [5.74, 6) is 0. The predicted octanol–water partition coefficient (Wildman–Crippen LogP) is 3.14. The van der Waals surface area contributed by atoms with E-state index in [1.807, 2.05) is 54.5 Å². The summed E-state index contributed by atoms with van der Waals surface area (Å²) in [6.45, 7) is 14.0. The van der Waals surface area contributed by atoms with Gasteiger partial charge >= 0.3 is 0 Å². The molecule has 2 atom stereocenters. The lowest BCUT2D eigenvalue weighted by atomic mass is 9.83. The number of aliphatic hydroxyl groups is 2. The second-order valence-corrected chi connectivity index (χ2v) is 6.83. The van der Waals surface area contributed by atoms with Gasteiger partial charge in [-0.3, -0.25) is 0 Å². The van der Waals surface area contributed by atoms with Crippen molar-refractivity contribution in [2.24, 2.45) is 10.8 Å². The van der Waals surface area contributed by atoms with Crippen LogP contribution in [0.2, 0.25) is 0 Å². The molecule has 0 amide bonds. The van der Waals surface area contributed by atoms with Crippen LogP contribution in [0.5, 0.6) is 0 Å². The zero-order chi connectivity index (χ0) is 13.1. The van der Waals surface area contributed by atoms with Gasteiger partial charge in [0.05, 0.1) is 12.2 Å². The third-order valence-electron chi connectivity index (χ3n) is 2.91. The molecule has 2 N–H and O–H groups in total. The minimum atomic E-state index is -0.445. The Hall–Kier alpha value is -0.340. The van der Waals surface area contributed by atoms with Crippen molar-refractivity contribution in [2.45, 2.75) is 67.1 Å². The fourth-order valence-corrected chi connectivity index (χ4v) is 1.45. The first-order chi connectivity index (χ1) is 6.96. The summed E-state index contributed by atoms with van der Waals surface area (Å²) in [4.78, 5) is 0. The normalized spacial score (nSPS) is 18.4. The first kappa shape index (κ1) is 15.7. The van der Waals surface area contributed by atoms with Gasteiger partial charge in [-0.05, 0) is 29.7 Å². The highest BCUT2D eigenvalue weighted by Gasteiger charge is 2.25. The Bertz CT molecular complexity index is 240. The van der Waals surface area contributed by atoms with Gasteiger partial charge in [-0.25, -0.2) is 0 Å². The first-order valence-electron chi connectivity index (χ1n) is 5.99. The molecule has 0 aromatic rings. The molecule has 0 saturated carbocycles. The SMILES string of the molecule is C/C(=C\CC(O)C(C)(C)C)C(O)C(C)(C)C. The van der Waals surface area contributed by atoms with E-state index in [4.69, 9.17) is 0 Å². The van der Waals surface area contributed by atoms with Crippen LogP contribution in [0.1, 0.15) is 54.9 Å². The molecular weight excluding hydrogens is 200 g/mol. The van der Waals surface area contributed by atoms with Crippen LogP contribution in [-0.4, -0.2) is 22.4 Å². The van der Waals surface area contributed by atoms with Crippen LogP contribution < -0.4 is 0 Å². The van der Waals surface area contributed by atoms with Gasteiger partial charge in [-0.15, -0.1) is 0 Å². The van der Waals surface area contributed by atoms with Crippen molar-refractivity contribution in [1.29, 1.82) is 0 Å². The van der Waals surface area contributed by atoms with E-state index in [2.05, 4.69) is 0 Å². The molecule has 0 rings (SSSR count). The lowest BCUT2D eigenvalue weighted by molar-refractivity contribution is 0.0639. The van der Waals surface area contributed by atoms with Crippen molar-refractivity contribution in [3.8, 4) is 0 Å². The molecule has 0 radical (unpaired) electrons. The maximum Gasteiger partial charge on any atom is 0.0795 e. The summed E-state index contributed by atoms with van der Waals surface area (Å²) in [6, 6.07) is 0. The van der Waals surface area contributed by atoms with Crippen molar-refractivity contribution in [3.63, 3.8) is 0 Å². The fourth-order valence-electron chi connectivity index (χ4n) is 1.45. The topological polar surface area (TPSA) is 40.5 Å². The van der Waals surface area contributed by atoms with Crippen LogP contribution in [0.15, 0.2) is 11.6 Å². The van der Waals surface area contributed by atoms with Crippen molar-refractivity contribution in [2.75, 3.05) is 0 Å². The molecule has 0 aromatic carbocycles. The Morgan fingerprint density at radius 2 is 1.44 bits per heavy atom. The van der Waals surface area contributed by atoms with Crippen LogP contribution in [0.4, 0.5) is 0 Å². The van der Waals surface area contributed by atoms with E-state index in [1.165, 1.54) is 0 Å². The van der Waals surface area contributed by atoms with Crippen molar-refractivity contribution in [1.82, 2.24) is 0 Å². The van der Waals surface area contributed by atoms with Crippen molar-refractivity contribution < 1.29 is 10.2 Å². The molecule has 96 valence electrons. The molecule has 0 fully saturated rings. The molecule has 2 heteroatoms. The summed E-state index contributed by atoms with van der Waals surface area (Å²) in [6.07, 6.45) is 1.74. The Kier molecular flexibility index (Phi) is 5.21. The molecule has 16 heavy (non-hydrogen) atoms. The maximum absolute atomic E-state index is 10.0. The zero-order valence-electron chi connectivity index (χ0n) is 11.8. The second-order valence-electron chi connectivity index (χ2n) is 6.83. The van der Waals surface area contributed by atoms with Gasteiger partial charge in [0, 0.05) is 0 Å². The molecular formula is C14H28O2. The van der Waals surface area contributed by atoms with Gasteiger partial charge in [0.25, 0.3) is 0 Å². The van der Waals surface area contributed by atoms with Crippen molar-refractivity contribution in [3.05, 3.63) is 11.6 Å². The second kappa shape index (κ2) is 5.33. The number of rotatable bonds is 3. The van der Waals surface area contributed by atoms with Gasteiger partial charge in [0.1, 0.15) is 0 Å². The molecule has 0 spiro atoms. The third kappa shape index (κ3) is 5.13. The number of hydrogen-bond donors (Lipinski definition) is 2. The van der Waals surface area contributed by atoms with E-state index in [9.17, 15) is 10.2 Å². The Labute approximate surface area is 100 Å². The van der Waals surface area contributed by atoms with Gasteiger partial charge in [-0.1, -0.05) is 47.6 Å². The average Bonchev–Trinajstić information content (AvgIpc) is 2.09. The maximum atomic E-state index is 10.0. The minimum Gasteiger partial charge on any atom is -0.392 e. The van der Waals surface area contributed by atoms with Crippen LogP contribution >= 0.6 is 0 Å². The smallest absolute Gasteiger partial charge is 0.0795 e. The van der Waals surface area contributed by atoms with Gasteiger partial charge in [0.15, 0.2) is 0 Å². The van der Waals surface area contributed by atoms with E-state index in [0.717, 1.165) is 5.57 Å². The zero-order valence-corrected chi connectivity index (χ0v) is 11.8. The van der Waals surface area contributed by atoms with Crippen LogP contribution in [0.25, 0.3) is 0 Å². The minimum absolute atomic E-state index is 0.108. The number of aliphatic hydroxyl groups excluding tert-OH is 2. The standard InChI is InChI=1S/C14H28O2/c1-10(12(16)14(5,6)7)8-9-11(15)13(2,3)4/h8,11-12,15-16H,9H2,1-7H3/b10-8+. The fraction of sp³-hybridized carbons (Fsp3) is 0.857. The molecule has 0 aliphatic carbocycles.